The first-order valence-corrected chi connectivity index (χ1v) is 6.99. The van der Waals surface area contributed by atoms with Crippen LogP contribution in [0.4, 0.5) is 0 Å². The van der Waals surface area contributed by atoms with E-state index in [-0.39, 0.29) is 11.9 Å². The summed E-state index contributed by atoms with van der Waals surface area (Å²) in [6, 6.07) is 11.5. The van der Waals surface area contributed by atoms with Crippen LogP contribution < -0.4 is 5.32 Å². The van der Waals surface area contributed by atoms with E-state index >= 15 is 0 Å². The molecule has 2 aromatic heterocycles. The van der Waals surface area contributed by atoms with E-state index in [2.05, 4.69) is 16.4 Å². The first kappa shape index (κ1) is 13.5. The number of rotatable bonds is 3. The minimum absolute atomic E-state index is 0.134. The van der Waals surface area contributed by atoms with Gasteiger partial charge in [0.25, 0.3) is 5.91 Å². The fourth-order valence-corrected chi connectivity index (χ4v) is 2.41. The Kier molecular flexibility index (Phi) is 3.29. The van der Waals surface area contributed by atoms with Gasteiger partial charge in [0.05, 0.1) is 6.04 Å². The summed E-state index contributed by atoms with van der Waals surface area (Å²) in [5.41, 5.74) is 2.70. The number of aryl methyl sites for hydroxylation is 2. The lowest BCUT2D eigenvalue weighted by molar-refractivity contribution is 0.0931. The van der Waals surface area contributed by atoms with Crippen molar-refractivity contribution in [1.29, 1.82) is 0 Å². The second kappa shape index (κ2) is 5.13. The van der Waals surface area contributed by atoms with Crippen LogP contribution in [-0.4, -0.2) is 10.9 Å². The summed E-state index contributed by atoms with van der Waals surface area (Å²) in [6.45, 7) is 5.83. The van der Waals surface area contributed by atoms with Crippen LogP contribution in [0.2, 0.25) is 0 Å². The summed E-state index contributed by atoms with van der Waals surface area (Å²) >= 11 is 0. The van der Waals surface area contributed by atoms with E-state index in [0.717, 1.165) is 22.4 Å². The molecule has 1 amide bonds. The second-order valence-corrected chi connectivity index (χ2v) is 5.42. The van der Waals surface area contributed by atoms with Gasteiger partial charge in [0, 0.05) is 10.9 Å². The highest BCUT2D eigenvalue weighted by molar-refractivity contribution is 5.98. The number of aromatic nitrogens is 1. The van der Waals surface area contributed by atoms with Gasteiger partial charge >= 0.3 is 0 Å². The zero-order chi connectivity index (χ0) is 15.0. The highest BCUT2D eigenvalue weighted by Gasteiger charge is 2.15. The van der Waals surface area contributed by atoms with E-state index in [1.165, 1.54) is 5.56 Å². The Hall–Kier alpha value is -2.49. The monoisotopic (exact) mass is 282 g/mol. The molecule has 0 aliphatic carbocycles. The number of carbonyl (C=O) groups excluding carboxylic acids is 1. The quantitative estimate of drug-likeness (QED) is 0.766. The van der Waals surface area contributed by atoms with Crippen LogP contribution in [0.3, 0.4) is 0 Å². The van der Waals surface area contributed by atoms with E-state index in [0.29, 0.717) is 5.69 Å². The summed E-state index contributed by atoms with van der Waals surface area (Å²) in [5, 5.41) is 3.98. The maximum atomic E-state index is 12.3. The molecule has 0 aliphatic rings. The third-order valence-electron chi connectivity index (χ3n) is 3.56. The number of aromatic amines is 1. The molecule has 1 atom stereocenters. The molecule has 0 bridgehead atoms. The topological polar surface area (TPSA) is 58.0 Å². The van der Waals surface area contributed by atoms with Crippen LogP contribution in [0.25, 0.3) is 10.9 Å². The Morgan fingerprint density at radius 3 is 2.71 bits per heavy atom. The highest BCUT2D eigenvalue weighted by Crippen LogP contribution is 2.19. The van der Waals surface area contributed by atoms with Gasteiger partial charge in [-0.25, -0.2) is 0 Å². The molecule has 1 aromatic carbocycles. The van der Waals surface area contributed by atoms with E-state index in [1.54, 1.807) is 0 Å². The normalized spacial score (nSPS) is 12.5. The molecule has 2 N–H and O–H groups in total. The molecule has 2 heterocycles. The lowest BCUT2D eigenvalue weighted by atomic mass is 10.2. The summed E-state index contributed by atoms with van der Waals surface area (Å²) < 4.78 is 5.53. The van der Waals surface area contributed by atoms with Gasteiger partial charge < -0.3 is 14.7 Å². The van der Waals surface area contributed by atoms with E-state index in [9.17, 15) is 4.79 Å². The maximum Gasteiger partial charge on any atom is 0.268 e. The number of carbonyl (C=O) groups is 1. The molecule has 21 heavy (non-hydrogen) atoms. The van der Waals surface area contributed by atoms with Gasteiger partial charge in [0.15, 0.2) is 0 Å². The number of H-pyrrole nitrogens is 1. The van der Waals surface area contributed by atoms with Gasteiger partial charge in [-0.1, -0.05) is 11.6 Å². The van der Waals surface area contributed by atoms with E-state index < -0.39 is 0 Å². The third-order valence-corrected chi connectivity index (χ3v) is 3.56. The average Bonchev–Trinajstić information content (AvgIpc) is 3.04. The minimum atomic E-state index is -0.167. The lowest BCUT2D eigenvalue weighted by Crippen LogP contribution is -2.26. The molecule has 0 saturated carbocycles. The van der Waals surface area contributed by atoms with Crippen LogP contribution in [0.1, 0.15) is 40.5 Å². The van der Waals surface area contributed by atoms with Crippen LogP contribution in [0, 0.1) is 13.8 Å². The summed E-state index contributed by atoms with van der Waals surface area (Å²) in [5.74, 6) is 1.46. The molecule has 3 rings (SSSR count). The van der Waals surface area contributed by atoms with Crippen molar-refractivity contribution in [2.24, 2.45) is 0 Å². The maximum absolute atomic E-state index is 12.3. The molecule has 0 fully saturated rings. The number of nitrogens with one attached hydrogen (secondary N) is 2. The van der Waals surface area contributed by atoms with Crippen LogP contribution >= 0.6 is 0 Å². The first-order valence-electron chi connectivity index (χ1n) is 6.99. The molecule has 108 valence electrons. The van der Waals surface area contributed by atoms with Crippen molar-refractivity contribution in [1.82, 2.24) is 10.3 Å². The Bertz CT molecular complexity index is 798. The number of furan rings is 1. The Labute approximate surface area is 123 Å². The summed E-state index contributed by atoms with van der Waals surface area (Å²) in [6.07, 6.45) is 0. The van der Waals surface area contributed by atoms with Gasteiger partial charge in [0.1, 0.15) is 17.2 Å². The first-order chi connectivity index (χ1) is 10.0. The van der Waals surface area contributed by atoms with E-state index in [4.69, 9.17) is 4.42 Å². The summed E-state index contributed by atoms with van der Waals surface area (Å²) in [7, 11) is 0. The smallest absolute Gasteiger partial charge is 0.268 e. The number of hydrogen-bond donors (Lipinski definition) is 2. The standard InChI is InChI=1S/C17H18N2O2/c1-10-4-6-14-13(8-10)9-15(19-14)17(20)18-12(3)16-7-5-11(2)21-16/h4-9,12,19H,1-3H3,(H,18,20)/t12-/m0/s1. The number of fused-ring (bicyclic) bond motifs is 1. The van der Waals surface area contributed by atoms with Crippen molar-refractivity contribution >= 4 is 16.8 Å². The van der Waals surface area contributed by atoms with Crippen molar-refractivity contribution in [3.8, 4) is 0 Å². The predicted molar refractivity (Wildman–Crippen MR) is 82.4 cm³/mol. The number of hydrogen-bond acceptors (Lipinski definition) is 2. The van der Waals surface area contributed by atoms with Gasteiger partial charge in [-0.3, -0.25) is 4.79 Å². The van der Waals surface area contributed by atoms with Crippen molar-refractivity contribution in [2.75, 3.05) is 0 Å². The van der Waals surface area contributed by atoms with Crippen molar-refractivity contribution in [2.45, 2.75) is 26.8 Å². The Morgan fingerprint density at radius 2 is 2.00 bits per heavy atom. The molecule has 0 radical (unpaired) electrons. The zero-order valence-electron chi connectivity index (χ0n) is 12.4. The summed E-state index contributed by atoms with van der Waals surface area (Å²) in [4.78, 5) is 15.4. The van der Waals surface area contributed by atoms with Crippen molar-refractivity contribution in [3.63, 3.8) is 0 Å². The molecule has 0 aliphatic heterocycles. The molecule has 0 unspecified atom stereocenters. The average molecular weight is 282 g/mol. The lowest BCUT2D eigenvalue weighted by Gasteiger charge is -2.10. The van der Waals surface area contributed by atoms with Crippen LogP contribution in [0.5, 0.6) is 0 Å². The van der Waals surface area contributed by atoms with Crippen LogP contribution in [-0.2, 0) is 0 Å². The number of benzene rings is 1. The Morgan fingerprint density at radius 1 is 1.19 bits per heavy atom. The highest BCUT2D eigenvalue weighted by atomic mass is 16.3. The molecule has 0 spiro atoms. The molecular weight excluding hydrogens is 264 g/mol. The van der Waals surface area contributed by atoms with Crippen molar-refractivity contribution < 1.29 is 9.21 Å². The Balaban J connectivity index is 1.80. The zero-order valence-corrected chi connectivity index (χ0v) is 12.4. The van der Waals surface area contributed by atoms with Gasteiger partial charge in [-0.2, -0.15) is 0 Å². The third kappa shape index (κ3) is 2.70. The molecule has 3 aromatic rings. The predicted octanol–water partition coefficient (Wildman–Crippen LogP) is 3.87. The molecular formula is C17H18N2O2. The van der Waals surface area contributed by atoms with Crippen molar-refractivity contribution in [3.05, 3.63) is 59.2 Å². The fraction of sp³-hybridized carbons (Fsp3) is 0.235. The van der Waals surface area contributed by atoms with Gasteiger partial charge in [-0.05, 0) is 51.1 Å². The SMILES string of the molecule is Cc1ccc2[nH]c(C(=O)N[C@@H](C)c3ccc(C)o3)cc2c1. The minimum Gasteiger partial charge on any atom is -0.464 e. The van der Waals surface area contributed by atoms with Gasteiger partial charge in [-0.15, -0.1) is 0 Å². The van der Waals surface area contributed by atoms with Crippen LogP contribution in [0.15, 0.2) is 40.8 Å². The molecule has 0 saturated heterocycles. The van der Waals surface area contributed by atoms with E-state index in [1.807, 2.05) is 51.1 Å². The number of amides is 1. The fourth-order valence-electron chi connectivity index (χ4n) is 2.41. The molecule has 4 heteroatoms. The largest absolute Gasteiger partial charge is 0.464 e. The second-order valence-electron chi connectivity index (χ2n) is 5.42. The van der Waals surface area contributed by atoms with Gasteiger partial charge in [0.2, 0.25) is 0 Å². The molecule has 4 nitrogen and oxygen atoms in total.